The minimum Gasteiger partial charge on any atom is -0.385 e. The fourth-order valence-corrected chi connectivity index (χ4v) is 19.3. The monoisotopic (exact) mass is 1910 g/mol. The number of alkyl halides is 6. The van der Waals surface area contributed by atoms with Crippen molar-refractivity contribution >= 4 is 104 Å². The van der Waals surface area contributed by atoms with Crippen molar-refractivity contribution in [2.24, 2.45) is 47.3 Å². The number of benzene rings is 4. The highest BCUT2D eigenvalue weighted by Gasteiger charge is 2.44. The van der Waals surface area contributed by atoms with Gasteiger partial charge < -0.3 is 66.2 Å². The van der Waals surface area contributed by atoms with Gasteiger partial charge in [-0.1, -0.05) is 94.4 Å². The van der Waals surface area contributed by atoms with Crippen LogP contribution in [0, 0.1) is 47.3 Å². The number of pyridine rings is 4. The number of halogens is 11. The maximum atomic E-state index is 12.9. The van der Waals surface area contributed by atoms with Gasteiger partial charge in [0, 0.05) is 252 Å². The van der Waals surface area contributed by atoms with E-state index in [-0.39, 0.29) is 99.1 Å². The van der Waals surface area contributed by atoms with Gasteiger partial charge in [0.25, 0.3) is 0 Å². The Morgan fingerprint density at radius 1 is 0.397 bits per heavy atom. The molecule has 12 heterocycles. The van der Waals surface area contributed by atoms with E-state index in [0.717, 1.165) is 210 Å². The standard InChI is InChI=1S/2C25H29ClF3N3O2.C25H32ClN3O2.C24H29Cl2N3O3/c2*26-22-15-31-20(12-23(33)18-4-5-24(32-14-18)25(27,28)29)11-21(22)17-2-1-3-19(10-17)30-13-16-6-8-34-9-7-16;1-16-8-18(9-17(2)31-16)13-28-21-5-3-4-19(10-21)23-11-22(29-15-24(23)26)12-25(30)20-6-7-27-14-20;1-31-24-14-27-12-20(24)23(30)10-17-9-19(22(26)13-29-17)18-8-16(2-3-21(18)25)28-11-15-4-6-32-7-5-15/h2*1-3,10-11,15-16,18,24,30,32H,4-9,12-14H2;3-5,10-11,15-18,20,27-28H,6-9,12-14H2,1-2H3;2-3,8-9,13,15,20,24,27-28H,4-7,10-12,14H2,1H3/t18-,24+;18-,24-;16-,17+,18?,20-;20-,24+/m1111/s1. The Hall–Kier alpha value is -7.97. The molecule has 8 N–H and O–H groups in total. The van der Waals surface area contributed by atoms with Crippen LogP contribution in [0.1, 0.15) is 120 Å². The Balaban J connectivity index is 0.000000149. The number of nitrogens with one attached hydrogen (secondary N) is 8. The number of Topliss-reactive ketones (excluding diaryl/α,β-unsaturated/α-hetero) is 4. The van der Waals surface area contributed by atoms with Crippen molar-refractivity contribution in [1.82, 2.24) is 41.2 Å². The minimum absolute atomic E-state index is 0.0320. The zero-order chi connectivity index (χ0) is 92.6. The predicted molar refractivity (Wildman–Crippen MR) is 505 cm³/mol. The van der Waals surface area contributed by atoms with E-state index in [1.165, 1.54) is 12.4 Å². The third-order valence-corrected chi connectivity index (χ3v) is 27.5. The van der Waals surface area contributed by atoms with E-state index >= 15 is 0 Å². The number of aromatic nitrogens is 4. The van der Waals surface area contributed by atoms with Gasteiger partial charge in [-0.2, -0.15) is 26.3 Å². The van der Waals surface area contributed by atoms with Gasteiger partial charge in [-0.15, -0.1) is 0 Å². The van der Waals surface area contributed by atoms with E-state index in [1.807, 2.05) is 84.9 Å². The van der Waals surface area contributed by atoms with Crippen LogP contribution in [0.15, 0.2) is 140 Å². The van der Waals surface area contributed by atoms with Gasteiger partial charge in [-0.25, -0.2) is 0 Å². The van der Waals surface area contributed by atoms with Crippen molar-refractivity contribution in [1.29, 1.82) is 0 Å². The summed E-state index contributed by atoms with van der Waals surface area (Å²) in [5.74, 6) is 1.56. The molecule has 8 fully saturated rings. The molecule has 32 heteroatoms. The molecular weight excluding hydrogens is 1790 g/mol. The molecule has 0 spiro atoms. The number of nitrogens with zero attached hydrogens (tertiary/aromatic N) is 4. The van der Waals surface area contributed by atoms with Crippen LogP contribution in [0.5, 0.6) is 0 Å². The van der Waals surface area contributed by atoms with Crippen LogP contribution in [-0.2, 0) is 68.5 Å². The molecule has 131 heavy (non-hydrogen) atoms. The number of anilines is 4. The number of hydrogen-bond donors (Lipinski definition) is 8. The van der Waals surface area contributed by atoms with Crippen LogP contribution in [0.4, 0.5) is 49.1 Å². The first-order chi connectivity index (χ1) is 63.1. The second kappa shape index (κ2) is 49.0. The van der Waals surface area contributed by atoms with E-state index in [9.17, 15) is 45.5 Å². The van der Waals surface area contributed by atoms with E-state index in [0.29, 0.717) is 97.6 Å². The summed E-state index contributed by atoms with van der Waals surface area (Å²) in [7, 11) is 1.64. The Morgan fingerprint density at radius 3 is 1.12 bits per heavy atom. The normalized spacial score (nSPS) is 22.8. The van der Waals surface area contributed by atoms with Crippen LogP contribution in [0.2, 0.25) is 25.1 Å². The van der Waals surface area contributed by atoms with Crippen molar-refractivity contribution < 1.29 is 69.2 Å². The Morgan fingerprint density at radius 2 is 0.756 bits per heavy atom. The van der Waals surface area contributed by atoms with Gasteiger partial charge in [-0.05, 0) is 223 Å². The molecule has 8 aliphatic rings. The highest BCUT2D eigenvalue weighted by atomic mass is 35.5. The first-order valence-electron chi connectivity index (χ1n) is 45.8. The van der Waals surface area contributed by atoms with Gasteiger partial charge in [0.2, 0.25) is 0 Å². The molecular formula is C99H119Cl5F6N12O9. The molecule has 16 rings (SSSR count). The maximum absolute atomic E-state index is 12.9. The van der Waals surface area contributed by atoms with Gasteiger partial charge in [0.05, 0.1) is 44.3 Å². The number of carbonyl (C=O) groups excluding carboxylic acids is 4. The molecule has 8 aromatic rings. The number of carbonyl (C=O) groups is 4. The number of ether oxygens (including phenoxy) is 5. The van der Waals surface area contributed by atoms with E-state index < -0.39 is 36.3 Å². The number of hydrogen-bond acceptors (Lipinski definition) is 21. The lowest BCUT2D eigenvalue weighted by Gasteiger charge is -2.32. The SMILES string of the molecule is CO[C@H]1CNC[C@@H]1C(=O)Cc1cc(-c2cc(NCC3CCOCC3)ccc2Cl)c(Cl)cn1.C[C@@H]1CC(CNc2cccc(-c3cc(CC(=O)[C@@H]4CCNC4)ncc3Cl)c2)C[C@H](C)O1.O=C(Cc1cc(-c2cccc(NCC3CCOCC3)c2)c(Cl)cn1)[C@@H]1CC[C@@H](C(F)(F)F)NC1.O=C(Cc1cc(-c2cccc(NCC3CCOCC3)c2)c(Cl)cn1)[C@@H]1CC[C@H](C(F)(F)F)NC1. The summed E-state index contributed by atoms with van der Waals surface area (Å²) < 4.78 is 105. The summed E-state index contributed by atoms with van der Waals surface area (Å²) in [4.78, 5) is 68.2. The molecule has 0 amide bonds. The van der Waals surface area contributed by atoms with Gasteiger partial charge >= 0.3 is 12.4 Å². The zero-order valence-electron chi connectivity index (χ0n) is 74.2. The lowest BCUT2D eigenvalue weighted by molar-refractivity contribution is -0.163. The second-order valence-corrected chi connectivity index (χ2v) is 37.7. The minimum atomic E-state index is -4.28. The topological polar surface area (TPSA) is 262 Å². The smallest absolute Gasteiger partial charge is 0.385 e. The van der Waals surface area contributed by atoms with E-state index in [4.69, 9.17) is 81.7 Å². The second-order valence-electron chi connectivity index (χ2n) is 35.7. The van der Waals surface area contributed by atoms with E-state index in [1.54, 1.807) is 31.6 Å². The first kappa shape index (κ1) is 100. The van der Waals surface area contributed by atoms with Crippen molar-refractivity contribution in [2.45, 2.75) is 166 Å². The fourth-order valence-electron chi connectivity index (χ4n) is 18.3. The molecule has 706 valence electrons. The average molecular weight is 1910 g/mol. The lowest BCUT2D eigenvalue weighted by Crippen LogP contribution is -2.49. The highest BCUT2D eigenvalue weighted by molar-refractivity contribution is 6.37. The van der Waals surface area contributed by atoms with Crippen LogP contribution < -0.4 is 42.5 Å². The van der Waals surface area contributed by atoms with Crippen molar-refractivity contribution in [2.75, 3.05) is 133 Å². The van der Waals surface area contributed by atoms with Crippen molar-refractivity contribution in [3.05, 3.63) is 188 Å². The summed E-state index contributed by atoms with van der Waals surface area (Å²) in [6.45, 7) is 15.8. The summed E-state index contributed by atoms with van der Waals surface area (Å²) in [5.41, 5.74) is 13.5. The molecule has 0 aliphatic carbocycles. The molecule has 0 bridgehead atoms. The third kappa shape index (κ3) is 30.0. The summed E-state index contributed by atoms with van der Waals surface area (Å²) in [6.07, 6.45) is 8.69. The predicted octanol–water partition coefficient (Wildman–Crippen LogP) is 19.5. The molecule has 4 aromatic carbocycles. The number of piperidine rings is 2. The Labute approximate surface area is 788 Å². The summed E-state index contributed by atoms with van der Waals surface area (Å²) in [6, 6.07) is 34.4. The van der Waals surface area contributed by atoms with Gasteiger partial charge in [0.15, 0.2) is 0 Å². The van der Waals surface area contributed by atoms with Crippen molar-refractivity contribution in [3.63, 3.8) is 0 Å². The van der Waals surface area contributed by atoms with Crippen LogP contribution in [-0.4, -0.2) is 198 Å². The molecule has 0 radical (unpaired) electrons. The first-order valence-corrected chi connectivity index (χ1v) is 47.7. The van der Waals surface area contributed by atoms with Gasteiger partial charge in [-0.3, -0.25) is 39.1 Å². The highest BCUT2D eigenvalue weighted by Crippen LogP contribution is 2.40. The quantitative estimate of drug-likeness (QED) is 0.0203. The van der Waals surface area contributed by atoms with Crippen LogP contribution >= 0.6 is 58.0 Å². The fraction of sp³-hybridized carbons (Fsp3) is 0.515. The van der Waals surface area contributed by atoms with E-state index in [2.05, 4.69) is 94.5 Å². The molecule has 1 unspecified atom stereocenters. The largest absolute Gasteiger partial charge is 0.403 e. The number of methoxy groups -OCH3 is 1. The molecule has 21 nitrogen and oxygen atoms in total. The Bertz CT molecular complexity index is 4920. The average Bonchev–Trinajstić information content (AvgIpc) is 1.27. The number of rotatable bonds is 29. The number of ketones is 4. The van der Waals surface area contributed by atoms with Crippen LogP contribution in [0.25, 0.3) is 44.5 Å². The zero-order valence-corrected chi connectivity index (χ0v) is 78.0. The Kier molecular flexibility index (Phi) is 37.6. The third-order valence-electron chi connectivity index (χ3n) is 26.0. The summed E-state index contributed by atoms with van der Waals surface area (Å²) in [5, 5.41) is 28.2. The maximum Gasteiger partial charge on any atom is 0.403 e. The van der Waals surface area contributed by atoms with Crippen LogP contribution in [0.3, 0.4) is 0 Å². The molecule has 8 aliphatic heterocycles. The molecule has 4 aromatic heterocycles. The van der Waals surface area contributed by atoms with Crippen molar-refractivity contribution in [3.8, 4) is 44.5 Å². The van der Waals surface area contributed by atoms with Gasteiger partial charge in [0.1, 0.15) is 35.2 Å². The molecule has 10 atom stereocenters. The summed E-state index contributed by atoms with van der Waals surface area (Å²) >= 11 is 32.4. The lowest BCUT2D eigenvalue weighted by atomic mass is 9.89. The molecule has 0 saturated carbocycles. The molecule has 8 saturated heterocycles.